The van der Waals surface area contributed by atoms with Gasteiger partial charge in [0.2, 0.25) is 11.9 Å². The molecular formula is C30H36N8O4. The molecule has 2 aromatic carbocycles. The van der Waals surface area contributed by atoms with Crippen molar-refractivity contribution in [2.75, 3.05) is 74.0 Å². The molecule has 3 amide bonds. The van der Waals surface area contributed by atoms with Crippen molar-refractivity contribution < 1.29 is 19.1 Å². The minimum atomic E-state index is -0.329. The molecule has 12 nitrogen and oxygen atoms in total. The number of carbonyl (C=O) groups is 2. The number of fused-ring (bicyclic) bond motifs is 1. The number of para-hydroxylation sites is 2. The van der Waals surface area contributed by atoms with Gasteiger partial charge in [-0.3, -0.25) is 19.5 Å². The lowest BCUT2D eigenvalue weighted by Crippen LogP contribution is -2.55. The molecule has 42 heavy (non-hydrogen) atoms. The Hall–Kier alpha value is -4.68. The van der Waals surface area contributed by atoms with E-state index in [-0.39, 0.29) is 18.5 Å². The highest BCUT2D eigenvalue weighted by atomic mass is 16.5. The number of aromatic nitrogens is 2. The number of methoxy groups -OCH3 is 2. The van der Waals surface area contributed by atoms with E-state index in [0.29, 0.717) is 47.0 Å². The normalized spacial score (nSPS) is 15.6. The SMILES string of the molecule is C=CC(=O)Nc1ccccc1Nc1ncc2c(n1)N(CN1CCN(CC)CC1)C(=O)N(c1cc(OC)cc(OC)c1)C2. The molecule has 0 aliphatic carbocycles. The first-order chi connectivity index (χ1) is 20.4. The van der Waals surface area contributed by atoms with Gasteiger partial charge in [-0.15, -0.1) is 0 Å². The quantitative estimate of drug-likeness (QED) is 0.349. The Balaban J connectivity index is 1.49. The van der Waals surface area contributed by atoms with E-state index in [1.807, 2.05) is 30.3 Å². The van der Waals surface area contributed by atoms with Crippen molar-refractivity contribution in [3.63, 3.8) is 0 Å². The zero-order valence-corrected chi connectivity index (χ0v) is 24.2. The lowest BCUT2D eigenvalue weighted by Gasteiger charge is -2.41. The molecule has 2 N–H and O–H groups in total. The molecule has 3 aromatic rings. The number of amides is 3. The Morgan fingerprint density at radius 1 is 1.02 bits per heavy atom. The number of hydrogen-bond donors (Lipinski definition) is 2. The number of hydrogen-bond acceptors (Lipinski definition) is 9. The summed E-state index contributed by atoms with van der Waals surface area (Å²) in [5.74, 6) is 1.68. The first-order valence-electron chi connectivity index (χ1n) is 13.8. The third-order valence-electron chi connectivity index (χ3n) is 7.41. The molecule has 12 heteroatoms. The van der Waals surface area contributed by atoms with Crippen molar-refractivity contribution in [1.82, 2.24) is 19.8 Å². The van der Waals surface area contributed by atoms with Crippen LogP contribution in [0.2, 0.25) is 0 Å². The standard InChI is InChI=1S/C30H36N8O4/c1-5-27(39)32-25-9-7-8-10-26(25)33-29-31-18-21-19-37(22-15-23(41-3)17-24(16-22)42-4)30(40)38(28(21)34-29)20-36-13-11-35(6-2)12-14-36/h5,7-10,15-18H,1,6,11-14,19-20H2,2-4H3,(H,32,39)(H,31,33,34). The van der Waals surface area contributed by atoms with Gasteiger partial charge in [0.25, 0.3) is 0 Å². The number of anilines is 5. The average Bonchev–Trinajstić information content (AvgIpc) is 3.03. The van der Waals surface area contributed by atoms with E-state index >= 15 is 0 Å². The van der Waals surface area contributed by atoms with Crippen molar-refractivity contribution in [1.29, 1.82) is 0 Å². The van der Waals surface area contributed by atoms with Crippen LogP contribution in [0.5, 0.6) is 11.5 Å². The highest BCUT2D eigenvalue weighted by Gasteiger charge is 2.35. The van der Waals surface area contributed by atoms with Crippen LogP contribution in [0.4, 0.5) is 33.6 Å². The van der Waals surface area contributed by atoms with E-state index < -0.39 is 0 Å². The van der Waals surface area contributed by atoms with Crippen LogP contribution >= 0.6 is 0 Å². The van der Waals surface area contributed by atoms with Gasteiger partial charge in [-0.1, -0.05) is 25.6 Å². The van der Waals surface area contributed by atoms with E-state index in [9.17, 15) is 9.59 Å². The van der Waals surface area contributed by atoms with E-state index in [2.05, 4.69) is 38.9 Å². The summed E-state index contributed by atoms with van der Waals surface area (Å²) in [7, 11) is 3.16. The van der Waals surface area contributed by atoms with Crippen LogP contribution < -0.4 is 29.9 Å². The number of urea groups is 1. The van der Waals surface area contributed by atoms with E-state index in [1.165, 1.54) is 6.08 Å². The summed E-state index contributed by atoms with van der Waals surface area (Å²) in [6.45, 7) is 10.9. The molecular weight excluding hydrogens is 536 g/mol. The van der Waals surface area contributed by atoms with Gasteiger partial charge in [-0.25, -0.2) is 9.78 Å². The molecule has 0 bridgehead atoms. The Labute approximate surface area is 245 Å². The molecule has 2 aliphatic rings. The van der Waals surface area contributed by atoms with Crippen molar-refractivity contribution in [3.8, 4) is 11.5 Å². The zero-order chi connectivity index (χ0) is 29.6. The summed E-state index contributed by atoms with van der Waals surface area (Å²) in [6, 6.07) is 12.4. The van der Waals surface area contributed by atoms with Crippen LogP contribution in [0.25, 0.3) is 0 Å². The number of nitrogens with zero attached hydrogens (tertiary/aromatic N) is 6. The van der Waals surface area contributed by atoms with E-state index in [4.69, 9.17) is 14.5 Å². The molecule has 0 saturated carbocycles. The summed E-state index contributed by atoms with van der Waals surface area (Å²) in [5.41, 5.74) is 2.62. The fourth-order valence-corrected chi connectivity index (χ4v) is 5.01. The number of carbonyl (C=O) groups excluding carboxylic acids is 2. The fraction of sp³-hybridized carbons (Fsp3) is 0.333. The molecule has 5 rings (SSSR count). The molecule has 2 aliphatic heterocycles. The minimum absolute atomic E-state index is 0.209. The minimum Gasteiger partial charge on any atom is -0.497 e. The monoisotopic (exact) mass is 572 g/mol. The first-order valence-corrected chi connectivity index (χ1v) is 13.8. The number of piperazine rings is 1. The van der Waals surface area contributed by atoms with Gasteiger partial charge in [0.05, 0.1) is 44.5 Å². The highest BCUT2D eigenvalue weighted by Crippen LogP contribution is 2.35. The highest BCUT2D eigenvalue weighted by molar-refractivity contribution is 6.05. The second-order valence-corrected chi connectivity index (χ2v) is 9.97. The van der Waals surface area contributed by atoms with Crippen LogP contribution in [0, 0.1) is 0 Å². The number of nitrogens with one attached hydrogen (secondary N) is 2. The average molecular weight is 573 g/mol. The van der Waals surface area contributed by atoms with Gasteiger partial charge < -0.3 is 25.0 Å². The third kappa shape index (κ3) is 6.29. The molecule has 220 valence electrons. The van der Waals surface area contributed by atoms with Gasteiger partial charge in [-0.05, 0) is 24.8 Å². The second-order valence-electron chi connectivity index (χ2n) is 9.97. The van der Waals surface area contributed by atoms with Crippen LogP contribution in [-0.2, 0) is 11.3 Å². The smallest absolute Gasteiger partial charge is 0.331 e. The van der Waals surface area contributed by atoms with E-state index in [1.54, 1.807) is 42.3 Å². The number of benzene rings is 2. The molecule has 0 unspecified atom stereocenters. The Bertz CT molecular complexity index is 1430. The van der Waals surface area contributed by atoms with Gasteiger partial charge >= 0.3 is 6.03 Å². The van der Waals surface area contributed by atoms with Crippen molar-refractivity contribution in [3.05, 3.63) is 66.9 Å². The van der Waals surface area contributed by atoms with Crippen molar-refractivity contribution in [2.45, 2.75) is 13.5 Å². The third-order valence-corrected chi connectivity index (χ3v) is 7.41. The van der Waals surface area contributed by atoms with Gasteiger partial charge in [0.15, 0.2) is 0 Å². The maximum absolute atomic E-state index is 14.2. The van der Waals surface area contributed by atoms with Gasteiger partial charge in [0, 0.05) is 56.1 Å². The van der Waals surface area contributed by atoms with Crippen LogP contribution in [-0.4, -0.2) is 85.3 Å². The number of rotatable bonds is 10. The summed E-state index contributed by atoms with van der Waals surface area (Å²) in [6.07, 6.45) is 2.94. The molecule has 0 spiro atoms. The summed E-state index contributed by atoms with van der Waals surface area (Å²) in [4.78, 5) is 43.5. The molecule has 0 atom stereocenters. The molecule has 0 radical (unpaired) electrons. The fourth-order valence-electron chi connectivity index (χ4n) is 5.01. The van der Waals surface area contributed by atoms with E-state index in [0.717, 1.165) is 38.3 Å². The maximum Gasteiger partial charge on any atom is 0.331 e. The molecule has 3 heterocycles. The molecule has 1 aromatic heterocycles. The largest absolute Gasteiger partial charge is 0.497 e. The first kappa shape index (κ1) is 28.8. The summed E-state index contributed by atoms with van der Waals surface area (Å²) in [5, 5.41) is 5.99. The second kappa shape index (κ2) is 12.9. The van der Waals surface area contributed by atoms with Gasteiger partial charge in [-0.2, -0.15) is 4.98 Å². The van der Waals surface area contributed by atoms with Crippen LogP contribution in [0.15, 0.2) is 61.3 Å². The topological polar surface area (TPSA) is 115 Å². The number of ether oxygens (including phenoxy) is 2. The Kier molecular flexibility index (Phi) is 8.84. The van der Waals surface area contributed by atoms with Crippen molar-refractivity contribution in [2.24, 2.45) is 0 Å². The maximum atomic E-state index is 14.2. The predicted octanol–water partition coefficient (Wildman–Crippen LogP) is 3.90. The van der Waals surface area contributed by atoms with Gasteiger partial charge in [0.1, 0.15) is 17.3 Å². The molecule has 1 saturated heterocycles. The lowest BCUT2D eigenvalue weighted by molar-refractivity contribution is -0.111. The Morgan fingerprint density at radius 2 is 1.69 bits per heavy atom. The Morgan fingerprint density at radius 3 is 2.33 bits per heavy atom. The molecule has 1 fully saturated rings. The summed E-state index contributed by atoms with van der Waals surface area (Å²) >= 11 is 0. The number of likely N-dealkylation sites (N-methyl/N-ethyl adjacent to an activating group) is 1. The summed E-state index contributed by atoms with van der Waals surface area (Å²) < 4.78 is 10.9. The lowest BCUT2D eigenvalue weighted by atomic mass is 10.1. The van der Waals surface area contributed by atoms with Crippen LogP contribution in [0.1, 0.15) is 12.5 Å². The van der Waals surface area contributed by atoms with Crippen LogP contribution in [0.3, 0.4) is 0 Å². The van der Waals surface area contributed by atoms with Crippen molar-refractivity contribution >= 4 is 40.8 Å². The predicted molar refractivity (Wildman–Crippen MR) is 163 cm³/mol. The zero-order valence-electron chi connectivity index (χ0n) is 24.2.